The number of carbonyl (C=O) groups is 1. The van der Waals surface area contributed by atoms with Gasteiger partial charge in [-0.05, 0) is 20.3 Å². The molecule has 0 aromatic carbocycles. The molecule has 1 unspecified atom stereocenters. The summed E-state index contributed by atoms with van der Waals surface area (Å²) in [6.45, 7) is 7.15. The standard InChI is InChI=1S/C11H24N2O2/c1-5-6-10(12)11(14)13(4)7-8-15-9(2)3/h9-10H,5-8,12H2,1-4H3. The van der Waals surface area contributed by atoms with Crippen molar-refractivity contribution in [3.8, 4) is 0 Å². The van der Waals surface area contributed by atoms with Crippen molar-refractivity contribution >= 4 is 5.91 Å². The van der Waals surface area contributed by atoms with Gasteiger partial charge in [-0.2, -0.15) is 0 Å². The molecule has 0 aliphatic rings. The lowest BCUT2D eigenvalue weighted by atomic mass is 10.1. The summed E-state index contributed by atoms with van der Waals surface area (Å²) in [5.74, 6) is 0.00389. The van der Waals surface area contributed by atoms with Crippen molar-refractivity contribution in [3.63, 3.8) is 0 Å². The summed E-state index contributed by atoms with van der Waals surface area (Å²) in [4.78, 5) is 13.3. The Morgan fingerprint density at radius 3 is 2.53 bits per heavy atom. The molecule has 0 aromatic heterocycles. The number of rotatable bonds is 7. The van der Waals surface area contributed by atoms with E-state index in [4.69, 9.17) is 10.5 Å². The van der Waals surface area contributed by atoms with Crippen molar-refractivity contribution in [2.24, 2.45) is 5.73 Å². The van der Waals surface area contributed by atoms with Gasteiger partial charge >= 0.3 is 0 Å². The highest BCUT2D eigenvalue weighted by atomic mass is 16.5. The first-order chi connectivity index (χ1) is 6.99. The molecule has 0 aliphatic carbocycles. The number of amides is 1. The molecular formula is C11H24N2O2. The van der Waals surface area contributed by atoms with E-state index >= 15 is 0 Å². The third kappa shape index (κ3) is 6.47. The zero-order chi connectivity index (χ0) is 11.8. The Morgan fingerprint density at radius 2 is 2.07 bits per heavy atom. The molecular weight excluding hydrogens is 192 g/mol. The monoisotopic (exact) mass is 216 g/mol. The Kier molecular flexibility index (Phi) is 7.34. The lowest BCUT2D eigenvalue weighted by Crippen LogP contribution is -2.43. The van der Waals surface area contributed by atoms with E-state index in [0.29, 0.717) is 13.2 Å². The fraction of sp³-hybridized carbons (Fsp3) is 0.909. The second-order valence-electron chi connectivity index (χ2n) is 4.07. The van der Waals surface area contributed by atoms with E-state index in [9.17, 15) is 4.79 Å². The molecule has 1 atom stereocenters. The first-order valence-corrected chi connectivity index (χ1v) is 5.61. The van der Waals surface area contributed by atoms with Gasteiger partial charge in [0.1, 0.15) is 0 Å². The molecule has 0 spiro atoms. The van der Waals surface area contributed by atoms with Crippen LogP contribution in [0.1, 0.15) is 33.6 Å². The summed E-state index contributed by atoms with van der Waals surface area (Å²) in [7, 11) is 1.77. The van der Waals surface area contributed by atoms with Crippen LogP contribution in [0.4, 0.5) is 0 Å². The van der Waals surface area contributed by atoms with Crippen LogP contribution in [0.25, 0.3) is 0 Å². The molecule has 4 nitrogen and oxygen atoms in total. The van der Waals surface area contributed by atoms with Gasteiger partial charge in [-0.3, -0.25) is 4.79 Å². The van der Waals surface area contributed by atoms with Crippen LogP contribution in [0.5, 0.6) is 0 Å². The molecule has 0 aromatic rings. The molecule has 90 valence electrons. The quantitative estimate of drug-likeness (QED) is 0.690. The molecule has 2 N–H and O–H groups in total. The largest absolute Gasteiger partial charge is 0.377 e. The van der Waals surface area contributed by atoms with Crippen molar-refractivity contribution in [2.75, 3.05) is 20.2 Å². The van der Waals surface area contributed by atoms with Gasteiger partial charge in [0.05, 0.1) is 18.8 Å². The van der Waals surface area contributed by atoms with Crippen LogP contribution in [-0.4, -0.2) is 43.2 Å². The summed E-state index contributed by atoms with van der Waals surface area (Å²) in [5.41, 5.74) is 5.73. The maximum Gasteiger partial charge on any atom is 0.239 e. The van der Waals surface area contributed by atoms with E-state index < -0.39 is 0 Å². The first-order valence-electron chi connectivity index (χ1n) is 5.61. The molecule has 0 fully saturated rings. The van der Waals surface area contributed by atoms with E-state index in [-0.39, 0.29) is 18.1 Å². The smallest absolute Gasteiger partial charge is 0.239 e. The van der Waals surface area contributed by atoms with Crippen molar-refractivity contribution < 1.29 is 9.53 Å². The Balaban J connectivity index is 3.78. The van der Waals surface area contributed by atoms with Crippen LogP contribution in [0, 0.1) is 0 Å². The molecule has 4 heteroatoms. The number of ether oxygens (including phenoxy) is 1. The Hall–Kier alpha value is -0.610. The summed E-state index contributed by atoms with van der Waals surface area (Å²) in [5, 5.41) is 0. The predicted molar refractivity (Wildman–Crippen MR) is 61.6 cm³/mol. The number of nitrogens with zero attached hydrogens (tertiary/aromatic N) is 1. The molecule has 0 bridgehead atoms. The first kappa shape index (κ1) is 14.4. The average Bonchev–Trinajstić information content (AvgIpc) is 2.16. The summed E-state index contributed by atoms with van der Waals surface area (Å²) >= 11 is 0. The van der Waals surface area contributed by atoms with Gasteiger partial charge in [0, 0.05) is 13.6 Å². The minimum atomic E-state index is -0.362. The molecule has 0 radical (unpaired) electrons. The van der Waals surface area contributed by atoms with Crippen molar-refractivity contribution in [1.29, 1.82) is 0 Å². The molecule has 0 heterocycles. The number of hydrogen-bond donors (Lipinski definition) is 1. The van der Waals surface area contributed by atoms with E-state index in [1.165, 1.54) is 0 Å². The minimum Gasteiger partial charge on any atom is -0.377 e. The maximum atomic E-state index is 11.7. The lowest BCUT2D eigenvalue weighted by Gasteiger charge is -2.21. The number of likely N-dealkylation sites (N-methyl/N-ethyl adjacent to an activating group) is 1. The fourth-order valence-corrected chi connectivity index (χ4v) is 1.25. The minimum absolute atomic E-state index is 0.00389. The van der Waals surface area contributed by atoms with Gasteiger partial charge < -0.3 is 15.4 Å². The maximum absolute atomic E-state index is 11.7. The highest BCUT2D eigenvalue weighted by Crippen LogP contribution is 1.98. The van der Waals surface area contributed by atoms with Gasteiger partial charge in [-0.25, -0.2) is 0 Å². The zero-order valence-corrected chi connectivity index (χ0v) is 10.3. The number of hydrogen-bond acceptors (Lipinski definition) is 3. The lowest BCUT2D eigenvalue weighted by molar-refractivity contribution is -0.132. The highest BCUT2D eigenvalue weighted by molar-refractivity contribution is 5.81. The fourth-order valence-electron chi connectivity index (χ4n) is 1.25. The average molecular weight is 216 g/mol. The Labute approximate surface area is 92.8 Å². The van der Waals surface area contributed by atoms with Crippen molar-refractivity contribution in [2.45, 2.75) is 45.8 Å². The Bertz CT molecular complexity index is 183. The third-order valence-corrected chi connectivity index (χ3v) is 2.17. The van der Waals surface area contributed by atoms with Crippen LogP contribution in [-0.2, 0) is 9.53 Å². The number of carbonyl (C=O) groups excluding carboxylic acids is 1. The summed E-state index contributed by atoms with van der Waals surface area (Å²) in [6.07, 6.45) is 1.88. The van der Waals surface area contributed by atoms with Gasteiger partial charge in [-0.15, -0.1) is 0 Å². The molecule has 15 heavy (non-hydrogen) atoms. The highest BCUT2D eigenvalue weighted by Gasteiger charge is 2.16. The van der Waals surface area contributed by atoms with Gasteiger partial charge in [0.25, 0.3) is 0 Å². The van der Waals surface area contributed by atoms with Crippen LogP contribution >= 0.6 is 0 Å². The van der Waals surface area contributed by atoms with Gasteiger partial charge in [0.15, 0.2) is 0 Å². The molecule has 0 aliphatic heterocycles. The third-order valence-electron chi connectivity index (χ3n) is 2.17. The van der Waals surface area contributed by atoms with Crippen LogP contribution in [0.3, 0.4) is 0 Å². The summed E-state index contributed by atoms with van der Waals surface area (Å²) in [6, 6.07) is -0.362. The molecule has 0 saturated heterocycles. The topological polar surface area (TPSA) is 55.6 Å². The normalized spacial score (nSPS) is 12.9. The second kappa shape index (κ2) is 7.65. The molecule has 0 rings (SSSR count). The molecule has 1 amide bonds. The van der Waals surface area contributed by atoms with E-state index in [0.717, 1.165) is 12.8 Å². The molecule has 0 saturated carbocycles. The summed E-state index contributed by atoms with van der Waals surface area (Å²) < 4.78 is 5.37. The zero-order valence-electron chi connectivity index (χ0n) is 10.3. The van der Waals surface area contributed by atoms with Gasteiger partial charge in [-0.1, -0.05) is 13.3 Å². The van der Waals surface area contributed by atoms with Crippen LogP contribution in [0.15, 0.2) is 0 Å². The SMILES string of the molecule is CCCC(N)C(=O)N(C)CCOC(C)C. The number of nitrogens with two attached hydrogens (primary N) is 1. The van der Waals surface area contributed by atoms with Crippen molar-refractivity contribution in [3.05, 3.63) is 0 Å². The van der Waals surface area contributed by atoms with E-state index in [1.54, 1.807) is 11.9 Å². The van der Waals surface area contributed by atoms with Crippen LogP contribution in [0.2, 0.25) is 0 Å². The van der Waals surface area contributed by atoms with Crippen molar-refractivity contribution in [1.82, 2.24) is 4.90 Å². The van der Waals surface area contributed by atoms with E-state index in [2.05, 4.69) is 0 Å². The Morgan fingerprint density at radius 1 is 1.47 bits per heavy atom. The van der Waals surface area contributed by atoms with Crippen LogP contribution < -0.4 is 5.73 Å². The second-order valence-corrected chi connectivity index (χ2v) is 4.07. The predicted octanol–water partition coefficient (Wildman–Crippen LogP) is 0.997. The van der Waals surface area contributed by atoms with E-state index in [1.807, 2.05) is 20.8 Å². The van der Waals surface area contributed by atoms with Gasteiger partial charge in [0.2, 0.25) is 5.91 Å².